The number of anilines is 1. The Morgan fingerprint density at radius 3 is 2.57 bits per heavy atom. The maximum atomic E-state index is 12.6. The third-order valence-corrected chi connectivity index (χ3v) is 5.48. The number of amides is 1. The fraction of sp³-hybridized carbons (Fsp3) is 0.261. The predicted octanol–water partition coefficient (Wildman–Crippen LogP) is 4.53. The third-order valence-electron chi connectivity index (χ3n) is 5.25. The smallest absolute Gasteiger partial charge is 0.260 e. The molecule has 4 nitrogen and oxygen atoms in total. The predicted molar refractivity (Wildman–Crippen MR) is 114 cm³/mol. The van der Waals surface area contributed by atoms with E-state index in [1.807, 2.05) is 65.6 Å². The molecule has 0 N–H and O–H groups in total. The van der Waals surface area contributed by atoms with Crippen molar-refractivity contribution in [1.29, 1.82) is 0 Å². The summed E-state index contributed by atoms with van der Waals surface area (Å²) in [6.45, 7) is 5.10. The van der Waals surface area contributed by atoms with Crippen LogP contribution in [-0.4, -0.2) is 43.6 Å². The molecule has 4 rings (SSSR count). The van der Waals surface area contributed by atoms with Gasteiger partial charge in [0.05, 0.1) is 0 Å². The molecule has 3 aromatic rings. The van der Waals surface area contributed by atoms with Crippen LogP contribution in [0.25, 0.3) is 10.8 Å². The Morgan fingerprint density at radius 1 is 1.00 bits per heavy atom. The standard InChI is InChI=1S/C23H23ClN2O2/c1-17-9-10-19(24)15-21(17)25-11-13-26(14-12-25)23(27)16-28-22-8-4-6-18-5-2-3-7-20(18)22/h2-10,15H,11-14,16H2,1H3. The summed E-state index contributed by atoms with van der Waals surface area (Å²) in [7, 11) is 0. The number of carbonyl (C=O) groups is 1. The van der Waals surface area contributed by atoms with E-state index in [0.717, 1.165) is 40.3 Å². The minimum atomic E-state index is 0.0235. The van der Waals surface area contributed by atoms with Crippen molar-refractivity contribution in [3.63, 3.8) is 0 Å². The van der Waals surface area contributed by atoms with E-state index in [0.29, 0.717) is 13.1 Å². The van der Waals surface area contributed by atoms with Crippen LogP contribution in [0.15, 0.2) is 60.7 Å². The van der Waals surface area contributed by atoms with Crippen molar-refractivity contribution < 1.29 is 9.53 Å². The molecule has 3 aromatic carbocycles. The van der Waals surface area contributed by atoms with Gasteiger partial charge in [0.2, 0.25) is 0 Å². The normalized spacial score (nSPS) is 14.4. The lowest BCUT2D eigenvalue weighted by Gasteiger charge is -2.36. The zero-order valence-electron chi connectivity index (χ0n) is 15.9. The summed E-state index contributed by atoms with van der Waals surface area (Å²) in [5.41, 5.74) is 2.34. The number of halogens is 1. The molecule has 1 aliphatic rings. The molecule has 28 heavy (non-hydrogen) atoms. The lowest BCUT2D eigenvalue weighted by molar-refractivity contribution is -0.133. The van der Waals surface area contributed by atoms with E-state index in [1.54, 1.807) is 0 Å². The van der Waals surface area contributed by atoms with E-state index in [1.165, 1.54) is 5.56 Å². The van der Waals surface area contributed by atoms with Crippen LogP contribution in [0.1, 0.15) is 5.56 Å². The maximum absolute atomic E-state index is 12.6. The van der Waals surface area contributed by atoms with Gasteiger partial charge in [0.25, 0.3) is 5.91 Å². The zero-order valence-corrected chi connectivity index (χ0v) is 16.7. The van der Waals surface area contributed by atoms with Crippen molar-refractivity contribution in [3.05, 3.63) is 71.2 Å². The number of benzene rings is 3. The van der Waals surface area contributed by atoms with Crippen LogP contribution < -0.4 is 9.64 Å². The molecule has 1 fully saturated rings. The third kappa shape index (κ3) is 3.92. The number of ether oxygens (including phenoxy) is 1. The molecule has 0 unspecified atom stereocenters. The van der Waals surface area contributed by atoms with Gasteiger partial charge in [0.1, 0.15) is 5.75 Å². The number of hydrogen-bond donors (Lipinski definition) is 0. The van der Waals surface area contributed by atoms with Crippen molar-refractivity contribution in [2.24, 2.45) is 0 Å². The first-order valence-corrected chi connectivity index (χ1v) is 9.89. The Hall–Kier alpha value is -2.72. The van der Waals surface area contributed by atoms with Crippen molar-refractivity contribution in [2.75, 3.05) is 37.7 Å². The van der Waals surface area contributed by atoms with Crippen LogP contribution in [-0.2, 0) is 4.79 Å². The molecule has 5 heteroatoms. The fourth-order valence-corrected chi connectivity index (χ4v) is 3.84. The molecule has 0 radical (unpaired) electrons. The number of aryl methyl sites for hydroxylation is 1. The summed E-state index contributed by atoms with van der Waals surface area (Å²) >= 11 is 6.15. The second-order valence-corrected chi connectivity index (χ2v) is 7.50. The van der Waals surface area contributed by atoms with Gasteiger partial charge in [-0.1, -0.05) is 54.1 Å². The van der Waals surface area contributed by atoms with E-state index >= 15 is 0 Å². The van der Waals surface area contributed by atoms with Crippen LogP contribution in [0.2, 0.25) is 5.02 Å². The average molecular weight is 395 g/mol. The number of rotatable bonds is 4. The van der Waals surface area contributed by atoms with Crippen LogP contribution in [0.5, 0.6) is 5.75 Å². The molecule has 0 saturated carbocycles. The first-order valence-electron chi connectivity index (χ1n) is 9.51. The largest absolute Gasteiger partial charge is 0.483 e. The molecular formula is C23H23ClN2O2. The Morgan fingerprint density at radius 2 is 1.75 bits per heavy atom. The molecule has 0 aromatic heterocycles. The molecule has 0 atom stereocenters. The minimum Gasteiger partial charge on any atom is -0.483 e. The molecule has 144 valence electrons. The first-order chi connectivity index (χ1) is 13.6. The fourth-order valence-electron chi connectivity index (χ4n) is 3.67. The van der Waals surface area contributed by atoms with Crippen molar-refractivity contribution in [3.8, 4) is 5.75 Å². The number of carbonyl (C=O) groups excluding carboxylic acids is 1. The first kappa shape index (κ1) is 18.6. The Bertz CT molecular complexity index is 992. The van der Waals surface area contributed by atoms with Crippen LogP contribution in [0, 0.1) is 6.92 Å². The number of fused-ring (bicyclic) bond motifs is 1. The molecule has 0 bridgehead atoms. The Balaban J connectivity index is 1.36. The van der Waals surface area contributed by atoms with Crippen LogP contribution >= 0.6 is 11.6 Å². The van der Waals surface area contributed by atoms with Crippen LogP contribution in [0.4, 0.5) is 5.69 Å². The van der Waals surface area contributed by atoms with Gasteiger partial charge in [-0.3, -0.25) is 4.79 Å². The van der Waals surface area contributed by atoms with E-state index in [4.69, 9.17) is 16.3 Å². The highest BCUT2D eigenvalue weighted by Crippen LogP contribution is 2.26. The van der Waals surface area contributed by atoms with Gasteiger partial charge < -0.3 is 14.5 Å². The second kappa shape index (κ2) is 8.11. The van der Waals surface area contributed by atoms with Gasteiger partial charge in [-0.2, -0.15) is 0 Å². The van der Waals surface area contributed by atoms with E-state index in [2.05, 4.69) is 11.8 Å². The highest BCUT2D eigenvalue weighted by Gasteiger charge is 2.22. The van der Waals surface area contributed by atoms with Gasteiger partial charge in [0, 0.05) is 42.3 Å². The summed E-state index contributed by atoms with van der Waals surface area (Å²) in [4.78, 5) is 16.8. The maximum Gasteiger partial charge on any atom is 0.260 e. The SMILES string of the molecule is Cc1ccc(Cl)cc1N1CCN(C(=O)COc2cccc3ccccc23)CC1. The van der Waals surface area contributed by atoms with Crippen LogP contribution in [0.3, 0.4) is 0 Å². The highest BCUT2D eigenvalue weighted by atomic mass is 35.5. The van der Waals surface area contributed by atoms with Gasteiger partial charge >= 0.3 is 0 Å². The van der Waals surface area contributed by atoms with Crippen molar-refractivity contribution in [2.45, 2.75) is 6.92 Å². The topological polar surface area (TPSA) is 32.8 Å². The quantitative estimate of drug-likeness (QED) is 0.651. The summed E-state index contributed by atoms with van der Waals surface area (Å²) in [6.07, 6.45) is 0. The molecular weight excluding hydrogens is 372 g/mol. The molecule has 1 heterocycles. The molecule has 0 spiro atoms. The summed E-state index contributed by atoms with van der Waals surface area (Å²) in [5.74, 6) is 0.773. The van der Waals surface area contributed by atoms with Gasteiger partial charge in [-0.25, -0.2) is 0 Å². The summed E-state index contributed by atoms with van der Waals surface area (Å²) < 4.78 is 5.86. The van der Waals surface area contributed by atoms with Gasteiger partial charge in [-0.15, -0.1) is 0 Å². The molecule has 1 aliphatic heterocycles. The Labute approximate surface area is 170 Å². The lowest BCUT2D eigenvalue weighted by atomic mass is 10.1. The monoisotopic (exact) mass is 394 g/mol. The van der Waals surface area contributed by atoms with E-state index in [9.17, 15) is 4.79 Å². The molecule has 1 saturated heterocycles. The van der Waals surface area contributed by atoms with Crippen molar-refractivity contribution >= 4 is 34.0 Å². The molecule has 1 amide bonds. The highest BCUT2D eigenvalue weighted by molar-refractivity contribution is 6.30. The van der Waals surface area contributed by atoms with Gasteiger partial charge in [-0.05, 0) is 36.1 Å². The van der Waals surface area contributed by atoms with E-state index in [-0.39, 0.29) is 12.5 Å². The second-order valence-electron chi connectivity index (χ2n) is 7.06. The van der Waals surface area contributed by atoms with Gasteiger partial charge in [0.15, 0.2) is 6.61 Å². The summed E-state index contributed by atoms with van der Waals surface area (Å²) in [6, 6.07) is 19.9. The number of nitrogens with zero attached hydrogens (tertiary/aromatic N) is 2. The molecule has 0 aliphatic carbocycles. The zero-order chi connectivity index (χ0) is 19.5. The summed E-state index contributed by atoms with van der Waals surface area (Å²) in [5, 5.41) is 2.87. The van der Waals surface area contributed by atoms with Crippen molar-refractivity contribution in [1.82, 2.24) is 4.90 Å². The van der Waals surface area contributed by atoms with E-state index < -0.39 is 0 Å². The Kier molecular flexibility index (Phi) is 5.40. The number of piperazine rings is 1. The minimum absolute atomic E-state index is 0.0235. The lowest BCUT2D eigenvalue weighted by Crippen LogP contribution is -2.50. The number of hydrogen-bond acceptors (Lipinski definition) is 3. The average Bonchev–Trinajstić information content (AvgIpc) is 2.74.